The van der Waals surface area contributed by atoms with E-state index in [1.165, 1.54) is 24.3 Å². The predicted octanol–water partition coefficient (Wildman–Crippen LogP) is 3.53. The van der Waals surface area contributed by atoms with E-state index in [4.69, 9.17) is 0 Å². The number of hydrogen-bond donors (Lipinski definition) is 0. The molecule has 0 aromatic heterocycles. The molecule has 1 nitrogen and oxygen atoms in total. The maximum absolute atomic E-state index is 13.3. The van der Waals surface area contributed by atoms with Gasteiger partial charge in [-0.15, -0.1) is 0 Å². The van der Waals surface area contributed by atoms with Crippen molar-refractivity contribution in [2.24, 2.45) is 0 Å². The van der Waals surface area contributed by atoms with Crippen molar-refractivity contribution < 1.29 is 18.0 Å². The molecule has 0 spiro atoms. The Morgan fingerprint density at radius 3 is 2.11 bits per heavy atom. The van der Waals surface area contributed by atoms with Crippen LogP contribution in [-0.2, 0) is 6.42 Å². The summed E-state index contributed by atoms with van der Waals surface area (Å²) in [5, 5.41) is 0. The standard InChI is InChI=1S/C14H9F3O/c15-10-3-1-9(2-4-10)7-14(18)12-6-5-11(16)8-13(12)17/h1-6,8H,7H2. The molecule has 0 saturated heterocycles. The van der Waals surface area contributed by atoms with Crippen molar-refractivity contribution in [3.05, 3.63) is 71.0 Å². The lowest BCUT2D eigenvalue weighted by Gasteiger charge is -2.03. The van der Waals surface area contributed by atoms with Gasteiger partial charge in [0.05, 0.1) is 5.56 Å². The number of halogens is 3. The maximum Gasteiger partial charge on any atom is 0.170 e. The van der Waals surface area contributed by atoms with Crippen LogP contribution in [0.5, 0.6) is 0 Å². The molecular weight excluding hydrogens is 241 g/mol. The molecule has 0 fully saturated rings. The third-order valence-corrected chi connectivity index (χ3v) is 2.51. The number of rotatable bonds is 3. The molecule has 0 heterocycles. The highest BCUT2D eigenvalue weighted by molar-refractivity contribution is 5.97. The predicted molar refractivity (Wildman–Crippen MR) is 60.8 cm³/mol. The molecule has 2 rings (SSSR count). The second-order valence-corrected chi connectivity index (χ2v) is 3.85. The van der Waals surface area contributed by atoms with Crippen molar-refractivity contribution in [2.75, 3.05) is 0 Å². The molecule has 2 aromatic rings. The molecule has 0 amide bonds. The molecule has 92 valence electrons. The van der Waals surface area contributed by atoms with Gasteiger partial charge in [0.25, 0.3) is 0 Å². The zero-order chi connectivity index (χ0) is 13.1. The molecule has 0 N–H and O–H groups in total. The first-order valence-corrected chi connectivity index (χ1v) is 5.29. The monoisotopic (exact) mass is 250 g/mol. The number of hydrogen-bond acceptors (Lipinski definition) is 1. The van der Waals surface area contributed by atoms with E-state index in [9.17, 15) is 18.0 Å². The smallest absolute Gasteiger partial charge is 0.170 e. The lowest BCUT2D eigenvalue weighted by Crippen LogP contribution is -2.06. The Hall–Kier alpha value is -2.10. The number of benzene rings is 2. The number of carbonyl (C=O) groups excluding carboxylic acids is 1. The molecule has 0 unspecified atom stereocenters. The Labute approximate surface area is 102 Å². The molecule has 2 aromatic carbocycles. The Balaban J connectivity index is 2.19. The molecule has 0 aliphatic carbocycles. The van der Waals surface area contributed by atoms with Gasteiger partial charge in [-0.3, -0.25) is 4.79 Å². The maximum atomic E-state index is 13.3. The van der Waals surface area contributed by atoms with Crippen molar-refractivity contribution in [3.63, 3.8) is 0 Å². The molecule has 0 radical (unpaired) electrons. The highest BCUT2D eigenvalue weighted by Crippen LogP contribution is 2.13. The summed E-state index contributed by atoms with van der Waals surface area (Å²) in [4.78, 5) is 11.8. The summed E-state index contributed by atoms with van der Waals surface area (Å²) in [5.41, 5.74) is 0.408. The largest absolute Gasteiger partial charge is 0.294 e. The van der Waals surface area contributed by atoms with Crippen LogP contribution in [0, 0.1) is 17.5 Å². The van der Waals surface area contributed by atoms with Gasteiger partial charge in [-0.1, -0.05) is 12.1 Å². The van der Waals surface area contributed by atoms with Crippen molar-refractivity contribution >= 4 is 5.78 Å². The Kier molecular flexibility index (Phi) is 3.46. The van der Waals surface area contributed by atoms with Gasteiger partial charge in [-0.05, 0) is 29.8 Å². The van der Waals surface area contributed by atoms with Crippen LogP contribution in [0.4, 0.5) is 13.2 Å². The van der Waals surface area contributed by atoms with Crippen LogP contribution < -0.4 is 0 Å². The van der Waals surface area contributed by atoms with Gasteiger partial charge >= 0.3 is 0 Å². The highest BCUT2D eigenvalue weighted by atomic mass is 19.1. The zero-order valence-electron chi connectivity index (χ0n) is 9.29. The normalized spacial score (nSPS) is 10.4. The van der Waals surface area contributed by atoms with Gasteiger partial charge in [0.15, 0.2) is 5.78 Å². The topological polar surface area (TPSA) is 17.1 Å². The summed E-state index contributed by atoms with van der Waals surface area (Å²) in [6.45, 7) is 0. The fourth-order valence-corrected chi connectivity index (χ4v) is 1.60. The molecule has 0 bridgehead atoms. The fraction of sp³-hybridized carbons (Fsp3) is 0.0714. The first-order valence-electron chi connectivity index (χ1n) is 5.29. The van der Waals surface area contributed by atoms with Gasteiger partial charge in [0, 0.05) is 12.5 Å². The first kappa shape index (κ1) is 12.4. The highest BCUT2D eigenvalue weighted by Gasteiger charge is 2.13. The van der Waals surface area contributed by atoms with Crippen molar-refractivity contribution in [2.45, 2.75) is 6.42 Å². The van der Waals surface area contributed by atoms with E-state index in [1.54, 1.807) is 0 Å². The summed E-state index contributed by atoms with van der Waals surface area (Å²) in [6.07, 6.45) is -0.0527. The summed E-state index contributed by atoms with van der Waals surface area (Å²) in [5.74, 6) is -2.49. The fourth-order valence-electron chi connectivity index (χ4n) is 1.60. The third-order valence-electron chi connectivity index (χ3n) is 2.51. The van der Waals surface area contributed by atoms with E-state index >= 15 is 0 Å². The average molecular weight is 250 g/mol. The molecule has 0 aliphatic heterocycles. The van der Waals surface area contributed by atoms with Gasteiger partial charge < -0.3 is 0 Å². The molecule has 0 saturated carbocycles. The number of ketones is 1. The Morgan fingerprint density at radius 2 is 1.50 bits per heavy atom. The minimum Gasteiger partial charge on any atom is -0.294 e. The van der Waals surface area contributed by atoms with Crippen LogP contribution in [0.15, 0.2) is 42.5 Å². The minimum atomic E-state index is -0.887. The molecule has 4 heteroatoms. The zero-order valence-corrected chi connectivity index (χ0v) is 9.29. The lowest BCUT2D eigenvalue weighted by atomic mass is 10.0. The second kappa shape index (κ2) is 5.04. The second-order valence-electron chi connectivity index (χ2n) is 3.85. The van der Waals surface area contributed by atoms with E-state index in [1.807, 2.05) is 0 Å². The Bertz CT molecular complexity index is 576. The molecule has 18 heavy (non-hydrogen) atoms. The van der Waals surface area contributed by atoms with Crippen LogP contribution in [0.1, 0.15) is 15.9 Å². The van der Waals surface area contributed by atoms with Crippen molar-refractivity contribution in [1.29, 1.82) is 0 Å². The molecular formula is C14H9F3O. The van der Waals surface area contributed by atoms with E-state index in [-0.39, 0.29) is 12.0 Å². The van der Waals surface area contributed by atoms with Crippen molar-refractivity contribution in [1.82, 2.24) is 0 Å². The van der Waals surface area contributed by atoms with Crippen LogP contribution in [0.25, 0.3) is 0 Å². The van der Waals surface area contributed by atoms with Crippen LogP contribution in [-0.4, -0.2) is 5.78 Å². The average Bonchev–Trinajstić information content (AvgIpc) is 2.32. The number of Topliss-reactive ketones (excluding diaryl/α,β-unsaturated/α-hetero) is 1. The lowest BCUT2D eigenvalue weighted by molar-refractivity contribution is 0.0989. The quantitative estimate of drug-likeness (QED) is 0.761. The van der Waals surface area contributed by atoms with Gasteiger partial charge in [-0.25, -0.2) is 13.2 Å². The van der Waals surface area contributed by atoms with Crippen LogP contribution in [0.2, 0.25) is 0 Å². The third kappa shape index (κ3) is 2.77. The van der Waals surface area contributed by atoms with Crippen LogP contribution >= 0.6 is 0 Å². The summed E-state index contributed by atoms with van der Waals surface area (Å²) in [7, 11) is 0. The summed E-state index contributed by atoms with van der Waals surface area (Å²) in [6, 6.07) is 8.16. The van der Waals surface area contributed by atoms with E-state index in [2.05, 4.69) is 0 Å². The Morgan fingerprint density at radius 1 is 0.889 bits per heavy atom. The van der Waals surface area contributed by atoms with Crippen molar-refractivity contribution in [3.8, 4) is 0 Å². The molecule has 0 aliphatic rings. The van der Waals surface area contributed by atoms with Crippen LogP contribution in [0.3, 0.4) is 0 Å². The first-order chi connectivity index (χ1) is 8.56. The van der Waals surface area contributed by atoms with Gasteiger partial charge in [-0.2, -0.15) is 0 Å². The minimum absolute atomic E-state index is 0.0527. The van der Waals surface area contributed by atoms with E-state index < -0.39 is 23.2 Å². The SMILES string of the molecule is O=C(Cc1ccc(F)cc1)c1ccc(F)cc1F. The molecule has 0 atom stereocenters. The summed E-state index contributed by atoms with van der Waals surface area (Å²) >= 11 is 0. The number of carbonyl (C=O) groups is 1. The van der Waals surface area contributed by atoms with Gasteiger partial charge in [0.2, 0.25) is 0 Å². The van der Waals surface area contributed by atoms with E-state index in [0.29, 0.717) is 11.6 Å². The van der Waals surface area contributed by atoms with Gasteiger partial charge in [0.1, 0.15) is 17.5 Å². The summed E-state index contributed by atoms with van der Waals surface area (Å²) < 4.78 is 38.7. The van der Waals surface area contributed by atoms with E-state index in [0.717, 1.165) is 12.1 Å².